The molecule has 2 aromatic rings. The van der Waals surface area contributed by atoms with Crippen LogP contribution in [0.2, 0.25) is 0 Å². The average molecular weight is 246 g/mol. The van der Waals surface area contributed by atoms with Crippen LogP contribution in [-0.4, -0.2) is 16.6 Å². The zero-order chi connectivity index (χ0) is 13.0. The Labute approximate surface area is 106 Å². The molecule has 0 unspecified atom stereocenters. The van der Waals surface area contributed by atoms with Gasteiger partial charge in [0, 0.05) is 12.2 Å². The molecule has 1 N–H and O–H groups in total. The summed E-state index contributed by atoms with van der Waals surface area (Å²) in [4.78, 5) is 6.23. The van der Waals surface area contributed by atoms with Gasteiger partial charge in [-0.15, -0.1) is 0 Å². The summed E-state index contributed by atoms with van der Waals surface area (Å²) in [6.45, 7) is 3.46. The predicted molar refractivity (Wildman–Crippen MR) is 69.0 cm³/mol. The fourth-order valence-electron chi connectivity index (χ4n) is 1.74. The highest BCUT2D eigenvalue weighted by molar-refractivity contribution is 5.46. The van der Waals surface area contributed by atoms with Gasteiger partial charge >= 0.3 is 0 Å². The Kier molecular flexibility index (Phi) is 3.77. The maximum Gasteiger partial charge on any atom is 0.133 e. The van der Waals surface area contributed by atoms with Crippen molar-refractivity contribution in [2.45, 2.75) is 13.5 Å². The smallest absolute Gasteiger partial charge is 0.133 e. The molecule has 0 bridgehead atoms. The van der Waals surface area contributed by atoms with Gasteiger partial charge in [-0.3, -0.25) is 4.98 Å². The molecule has 18 heavy (non-hydrogen) atoms. The first-order valence-corrected chi connectivity index (χ1v) is 5.83. The second kappa shape index (κ2) is 5.49. The number of hydrogen-bond acceptors (Lipinski definition) is 3. The van der Waals surface area contributed by atoms with E-state index in [-0.39, 0.29) is 11.6 Å². The van der Waals surface area contributed by atoms with E-state index < -0.39 is 0 Å². The minimum Gasteiger partial charge on any atom is -0.506 e. The molecular weight excluding hydrogens is 231 g/mol. The highest BCUT2D eigenvalue weighted by Crippen LogP contribution is 2.17. The van der Waals surface area contributed by atoms with Gasteiger partial charge in [0.1, 0.15) is 11.6 Å². The van der Waals surface area contributed by atoms with Crippen molar-refractivity contribution in [2.75, 3.05) is 11.4 Å². The number of pyridine rings is 1. The molecule has 0 aliphatic rings. The number of aromatic nitrogens is 1. The van der Waals surface area contributed by atoms with Crippen molar-refractivity contribution < 1.29 is 9.50 Å². The van der Waals surface area contributed by atoms with E-state index in [1.165, 1.54) is 18.3 Å². The van der Waals surface area contributed by atoms with Gasteiger partial charge < -0.3 is 10.0 Å². The lowest BCUT2D eigenvalue weighted by molar-refractivity contribution is 0.472. The molecule has 94 valence electrons. The minimum absolute atomic E-state index is 0.156. The van der Waals surface area contributed by atoms with Crippen LogP contribution in [0.4, 0.5) is 10.1 Å². The van der Waals surface area contributed by atoms with Gasteiger partial charge in [-0.1, -0.05) is 0 Å². The van der Waals surface area contributed by atoms with Crippen LogP contribution >= 0.6 is 0 Å². The normalized spacial score (nSPS) is 10.3. The molecule has 4 heteroatoms. The van der Waals surface area contributed by atoms with Crippen molar-refractivity contribution in [3.05, 3.63) is 54.1 Å². The zero-order valence-corrected chi connectivity index (χ0v) is 10.2. The number of rotatable bonds is 4. The van der Waals surface area contributed by atoms with Crippen molar-refractivity contribution in [3.63, 3.8) is 0 Å². The Hall–Kier alpha value is -2.10. The molecular formula is C14H15FN2O. The number of halogens is 1. The van der Waals surface area contributed by atoms with Gasteiger partial charge in [-0.25, -0.2) is 4.39 Å². The summed E-state index contributed by atoms with van der Waals surface area (Å²) >= 11 is 0. The highest BCUT2D eigenvalue weighted by atomic mass is 19.1. The van der Waals surface area contributed by atoms with E-state index in [0.717, 1.165) is 17.9 Å². The average Bonchev–Trinajstić information content (AvgIpc) is 2.39. The van der Waals surface area contributed by atoms with Crippen LogP contribution < -0.4 is 4.90 Å². The van der Waals surface area contributed by atoms with Crippen molar-refractivity contribution in [1.29, 1.82) is 0 Å². The van der Waals surface area contributed by atoms with Crippen LogP contribution in [0, 0.1) is 5.82 Å². The summed E-state index contributed by atoms with van der Waals surface area (Å²) in [5, 5.41) is 9.18. The van der Waals surface area contributed by atoms with Gasteiger partial charge in [0.05, 0.1) is 18.4 Å². The largest absolute Gasteiger partial charge is 0.506 e. The quantitative estimate of drug-likeness (QED) is 0.901. The fraction of sp³-hybridized carbons (Fsp3) is 0.214. The van der Waals surface area contributed by atoms with Gasteiger partial charge in [-0.2, -0.15) is 0 Å². The summed E-state index contributed by atoms with van der Waals surface area (Å²) < 4.78 is 12.9. The number of hydrogen-bond donors (Lipinski definition) is 1. The SMILES string of the molecule is CCN(Cc1ccc(O)cn1)c1ccc(F)cc1. The van der Waals surface area contributed by atoms with E-state index in [1.807, 2.05) is 6.92 Å². The van der Waals surface area contributed by atoms with Gasteiger partial charge in [0.2, 0.25) is 0 Å². The molecule has 2 rings (SSSR count). The molecule has 0 amide bonds. The van der Waals surface area contributed by atoms with Gasteiger partial charge in [0.15, 0.2) is 0 Å². The molecule has 1 aromatic carbocycles. The molecule has 0 spiro atoms. The molecule has 0 aliphatic carbocycles. The molecule has 0 fully saturated rings. The van der Waals surface area contributed by atoms with Crippen LogP contribution in [0.3, 0.4) is 0 Å². The Bertz CT molecular complexity index is 496. The lowest BCUT2D eigenvalue weighted by atomic mass is 10.2. The second-order valence-electron chi connectivity index (χ2n) is 4.00. The van der Waals surface area contributed by atoms with E-state index in [4.69, 9.17) is 0 Å². The third-order valence-corrected chi connectivity index (χ3v) is 2.74. The topological polar surface area (TPSA) is 36.4 Å². The van der Waals surface area contributed by atoms with Crippen LogP contribution in [0.1, 0.15) is 12.6 Å². The Balaban J connectivity index is 2.14. The third kappa shape index (κ3) is 2.97. The number of nitrogens with zero attached hydrogens (tertiary/aromatic N) is 2. The Morgan fingerprint density at radius 3 is 2.44 bits per heavy atom. The number of aromatic hydroxyl groups is 1. The van der Waals surface area contributed by atoms with Crippen molar-refractivity contribution in [2.24, 2.45) is 0 Å². The van der Waals surface area contributed by atoms with E-state index in [9.17, 15) is 9.50 Å². The van der Waals surface area contributed by atoms with Crippen LogP contribution in [0.25, 0.3) is 0 Å². The van der Waals surface area contributed by atoms with E-state index in [2.05, 4.69) is 9.88 Å². The summed E-state index contributed by atoms with van der Waals surface area (Å²) in [6.07, 6.45) is 1.42. The maximum absolute atomic E-state index is 12.9. The molecule has 0 saturated carbocycles. The van der Waals surface area contributed by atoms with Crippen molar-refractivity contribution in [1.82, 2.24) is 4.98 Å². The second-order valence-corrected chi connectivity index (χ2v) is 4.00. The van der Waals surface area contributed by atoms with E-state index >= 15 is 0 Å². The molecule has 0 aliphatic heterocycles. The molecule has 1 heterocycles. The lowest BCUT2D eigenvalue weighted by Gasteiger charge is -2.22. The first-order valence-electron chi connectivity index (χ1n) is 5.83. The first kappa shape index (κ1) is 12.4. The van der Waals surface area contributed by atoms with Crippen molar-refractivity contribution >= 4 is 5.69 Å². The maximum atomic E-state index is 12.9. The zero-order valence-electron chi connectivity index (χ0n) is 10.2. The Morgan fingerprint density at radius 1 is 1.17 bits per heavy atom. The third-order valence-electron chi connectivity index (χ3n) is 2.74. The fourth-order valence-corrected chi connectivity index (χ4v) is 1.74. The van der Waals surface area contributed by atoms with Crippen LogP contribution in [0.5, 0.6) is 5.75 Å². The van der Waals surface area contributed by atoms with Gasteiger partial charge in [-0.05, 0) is 43.3 Å². The first-order chi connectivity index (χ1) is 8.69. The van der Waals surface area contributed by atoms with Gasteiger partial charge in [0.25, 0.3) is 0 Å². The Morgan fingerprint density at radius 2 is 1.89 bits per heavy atom. The summed E-state index contributed by atoms with van der Waals surface area (Å²) in [6, 6.07) is 9.78. The predicted octanol–water partition coefficient (Wildman–Crippen LogP) is 2.95. The highest BCUT2D eigenvalue weighted by Gasteiger charge is 2.06. The minimum atomic E-state index is -0.238. The number of anilines is 1. The molecule has 0 radical (unpaired) electrons. The summed E-state index contributed by atoms with van der Waals surface area (Å²) in [5.74, 6) is -0.0823. The lowest BCUT2D eigenvalue weighted by Crippen LogP contribution is -2.22. The molecule has 3 nitrogen and oxygen atoms in total. The van der Waals surface area contributed by atoms with Crippen LogP contribution in [-0.2, 0) is 6.54 Å². The summed E-state index contributed by atoms with van der Waals surface area (Å²) in [7, 11) is 0. The monoisotopic (exact) mass is 246 g/mol. The number of benzene rings is 1. The standard InChI is InChI=1S/C14H15FN2O/c1-2-17(13-6-3-11(15)4-7-13)10-12-5-8-14(18)9-16-12/h3-9,18H,2,10H2,1H3. The summed E-state index contributed by atoms with van der Waals surface area (Å²) in [5.41, 5.74) is 1.81. The van der Waals surface area contributed by atoms with Crippen molar-refractivity contribution in [3.8, 4) is 5.75 Å². The van der Waals surface area contributed by atoms with E-state index in [0.29, 0.717) is 6.54 Å². The van der Waals surface area contributed by atoms with Crippen LogP contribution in [0.15, 0.2) is 42.6 Å². The van der Waals surface area contributed by atoms with E-state index in [1.54, 1.807) is 24.3 Å². The molecule has 1 aromatic heterocycles. The molecule has 0 atom stereocenters. The molecule has 0 saturated heterocycles.